The van der Waals surface area contributed by atoms with Gasteiger partial charge in [-0.3, -0.25) is 14.4 Å². The lowest BCUT2D eigenvalue weighted by Gasteiger charge is -2.38. The first-order valence-corrected chi connectivity index (χ1v) is 9.89. The van der Waals surface area contributed by atoms with E-state index < -0.39 is 5.60 Å². The van der Waals surface area contributed by atoms with Gasteiger partial charge < -0.3 is 15.4 Å². The number of rotatable bonds is 2. The Kier molecular flexibility index (Phi) is 3.61. The molecular weight excluding hydrogens is 344 g/mol. The number of ketones is 1. The van der Waals surface area contributed by atoms with Crippen LogP contribution in [0.5, 0.6) is 5.75 Å². The van der Waals surface area contributed by atoms with E-state index in [0.717, 1.165) is 12.8 Å². The maximum absolute atomic E-state index is 13.1. The Labute approximate surface area is 158 Å². The number of nitrogens with zero attached hydrogens (tertiary/aromatic N) is 1. The summed E-state index contributed by atoms with van der Waals surface area (Å²) in [6, 6.07) is 7.41. The summed E-state index contributed by atoms with van der Waals surface area (Å²) in [5, 5.41) is 0. The lowest BCUT2D eigenvalue weighted by molar-refractivity contribution is -0.137. The van der Waals surface area contributed by atoms with Crippen molar-refractivity contribution in [3.63, 3.8) is 0 Å². The average molecular weight is 368 g/mol. The minimum atomic E-state index is -0.512. The molecule has 1 aromatic carbocycles. The molecule has 1 aromatic rings. The third kappa shape index (κ3) is 2.49. The Balaban J connectivity index is 1.31. The second kappa shape index (κ2) is 5.81. The summed E-state index contributed by atoms with van der Waals surface area (Å²) in [4.78, 5) is 39.0. The topological polar surface area (TPSA) is 89.7 Å². The Morgan fingerprint density at radius 3 is 2.63 bits per heavy atom. The smallest absolute Gasteiger partial charge is 0.226 e. The summed E-state index contributed by atoms with van der Waals surface area (Å²) in [5.74, 6) is 0.990. The molecule has 0 bridgehead atoms. The van der Waals surface area contributed by atoms with Gasteiger partial charge in [-0.2, -0.15) is 0 Å². The van der Waals surface area contributed by atoms with E-state index in [0.29, 0.717) is 49.6 Å². The highest BCUT2D eigenvalue weighted by Gasteiger charge is 2.71. The van der Waals surface area contributed by atoms with Crippen LogP contribution in [0.1, 0.15) is 42.5 Å². The van der Waals surface area contributed by atoms with E-state index >= 15 is 0 Å². The first-order chi connectivity index (χ1) is 13.0. The zero-order chi connectivity index (χ0) is 18.8. The number of carbonyl (C=O) groups is 3. The van der Waals surface area contributed by atoms with Crippen LogP contribution in [-0.4, -0.2) is 41.2 Å². The van der Waals surface area contributed by atoms with Gasteiger partial charge in [0.2, 0.25) is 11.8 Å². The molecular formula is C21H24N2O4. The van der Waals surface area contributed by atoms with Gasteiger partial charge in [0.25, 0.3) is 0 Å². The number of amides is 2. The van der Waals surface area contributed by atoms with Gasteiger partial charge in [-0.15, -0.1) is 0 Å². The highest BCUT2D eigenvalue weighted by Crippen LogP contribution is 2.66. The van der Waals surface area contributed by atoms with Crippen molar-refractivity contribution in [2.45, 2.75) is 37.7 Å². The number of benzene rings is 1. The number of nitrogens with two attached hydrogens (primary N) is 1. The normalized spacial score (nSPS) is 34.7. The molecule has 0 unspecified atom stereocenters. The third-order valence-corrected chi connectivity index (χ3v) is 7.13. The molecule has 2 amide bonds. The van der Waals surface area contributed by atoms with Crippen molar-refractivity contribution in [1.82, 2.24) is 4.90 Å². The Morgan fingerprint density at radius 2 is 1.89 bits per heavy atom. The highest BCUT2D eigenvalue weighted by atomic mass is 16.5. The van der Waals surface area contributed by atoms with Crippen LogP contribution in [-0.2, 0) is 9.59 Å². The maximum Gasteiger partial charge on any atom is 0.226 e. The molecule has 1 spiro atoms. The fraction of sp³-hybridized carbons (Fsp3) is 0.571. The lowest BCUT2D eigenvalue weighted by Crippen LogP contribution is -2.46. The van der Waals surface area contributed by atoms with Crippen molar-refractivity contribution in [3.05, 3.63) is 29.8 Å². The summed E-state index contributed by atoms with van der Waals surface area (Å²) < 4.78 is 6.37. The fourth-order valence-corrected chi connectivity index (χ4v) is 5.69. The van der Waals surface area contributed by atoms with Crippen molar-refractivity contribution in [1.29, 1.82) is 0 Å². The number of para-hydroxylation sites is 1. The van der Waals surface area contributed by atoms with E-state index in [1.54, 1.807) is 0 Å². The summed E-state index contributed by atoms with van der Waals surface area (Å²) in [6.07, 6.45) is 3.45. The largest absolute Gasteiger partial charge is 0.486 e. The second-order valence-electron chi connectivity index (χ2n) is 8.52. The molecule has 6 heteroatoms. The molecule has 2 N–H and O–H groups in total. The van der Waals surface area contributed by atoms with Crippen molar-refractivity contribution < 1.29 is 19.1 Å². The first kappa shape index (κ1) is 16.8. The number of hydrogen-bond donors (Lipinski definition) is 1. The second-order valence-corrected chi connectivity index (χ2v) is 8.52. The van der Waals surface area contributed by atoms with Crippen LogP contribution in [0.3, 0.4) is 0 Å². The predicted molar refractivity (Wildman–Crippen MR) is 97.0 cm³/mol. The molecule has 4 atom stereocenters. The summed E-state index contributed by atoms with van der Waals surface area (Å²) >= 11 is 0. The number of piperidine rings is 1. The fourth-order valence-electron chi connectivity index (χ4n) is 5.69. The van der Waals surface area contributed by atoms with E-state index in [1.165, 1.54) is 0 Å². The SMILES string of the molecule is NC(=O)C1CCN(C(=O)[C@@H]2[C@@H]3CC[C@]4(CC(=O)c5ccccc5O4)[C@@H]32)CC1. The van der Waals surface area contributed by atoms with Crippen LogP contribution in [0.4, 0.5) is 0 Å². The summed E-state index contributed by atoms with van der Waals surface area (Å²) in [5.41, 5.74) is 5.53. The van der Waals surface area contributed by atoms with E-state index in [-0.39, 0.29) is 35.4 Å². The van der Waals surface area contributed by atoms with Crippen molar-refractivity contribution in [2.24, 2.45) is 29.4 Å². The van der Waals surface area contributed by atoms with E-state index in [1.807, 2.05) is 29.2 Å². The van der Waals surface area contributed by atoms with Gasteiger partial charge in [0, 0.05) is 30.8 Å². The van der Waals surface area contributed by atoms with Gasteiger partial charge in [0.1, 0.15) is 11.4 Å². The Hall–Kier alpha value is -2.37. The zero-order valence-electron chi connectivity index (χ0n) is 15.2. The van der Waals surface area contributed by atoms with Crippen molar-refractivity contribution in [2.75, 3.05) is 13.1 Å². The molecule has 2 heterocycles. The van der Waals surface area contributed by atoms with Gasteiger partial charge in [-0.25, -0.2) is 0 Å². The number of hydrogen-bond acceptors (Lipinski definition) is 4. The summed E-state index contributed by atoms with van der Waals surface area (Å²) in [7, 11) is 0. The molecule has 2 saturated carbocycles. The van der Waals surface area contributed by atoms with E-state index in [9.17, 15) is 14.4 Å². The monoisotopic (exact) mass is 368 g/mol. The predicted octanol–water partition coefficient (Wildman–Crippen LogP) is 1.77. The van der Waals surface area contributed by atoms with Gasteiger partial charge >= 0.3 is 0 Å². The van der Waals surface area contributed by atoms with Gasteiger partial charge in [0.05, 0.1) is 12.0 Å². The standard InChI is InChI=1S/C21H24N2O4/c22-19(25)12-6-9-23(10-7-12)20(26)17-14-5-8-21(18(14)17)11-15(24)13-3-1-2-4-16(13)27-21/h1-4,12,14,17-18H,5-11H2,(H2,22,25)/t14-,17+,18-,21-/m0/s1. The Bertz CT molecular complexity index is 829. The van der Waals surface area contributed by atoms with Crippen LogP contribution in [0.25, 0.3) is 0 Å². The minimum Gasteiger partial charge on any atom is -0.486 e. The number of likely N-dealkylation sites (tertiary alicyclic amines) is 1. The average Bonchev–Trinajstić information content (AvgIpc) is 3.32. The quantitative estimate of drug-likeness (QED) is 0.861. The molecule has 4 aliphatic rings. The van der Waals surface area contributed by atoms with Crippen molar-refractivity contribution in [3.8, 4) is 5.75 Å². The third-order valence-electron chi connectivity index (χ3n) is 7.13. The molecule has 1 saturated heterocycles. The van der Waals surface area contributed by atoms with Gasteiger partial charge in [-0.1, -0.05) is 12.1 Å². The van der Waals surface area contributed by atoms with Gasteiger partial charge in [-0.05, 0) is 43.7 Å². The van der Waals surface area contributed by atoms with Crippen LogP contribution in [0.15, 0.2) is 24.3 Å². The van der Waals surface area contributed by atoms with Gasteiger partial charge in [0.15, 0.2) is 5.78 Å². The van der Waals surface area contributed by atoms with Crippen LogP contribution < -0.4 is 10.5 Å². The number of fused-ring (bicyclic) bond motifs is 3. The molecule has 5 rings (SSSR count). The molecule has 0 aromatic heterocycles. The van der Waals surface area contributed by atoms with Crippen LogP contribution >= 0.6 is 0 Å². The van der Waals surface area contributed by atoms with E-state index in [2.05, 4.69) is 0 Å². The molecule has 142 valence electrons. The van der Waals surface area contributed by atoms with E-state index in [4.69, 9.17) is 10.5 Å². The lowest BCUT2D eigenvalue weighted by atomic mass is 9.84. The highest BCUT2D eigenvalue weighted by molar-refractivity contribution is 6.00. The molecule has 0 radical (unpaired) electrons. The number of primary amides is 1. The zero-order valence-corrected chi connectivity index (χ0v) is 15.2. The Morgan fingerprint density at radius 1 is 1.15 bits per heavy atom. The molecule has 3 fully saturated rings. The van der Waals surface area contributed by atoms with Crippen molar-refractivity contribution >= 4 is 17.6 Å². The first-order valence-electron chi connectivity index (χ1n) is 9.89. The number of ether oxygens (including phenoxy) is 1. The number of carbonyl (C=O) groups excluding carboxylic acids is 3. The molecule has 27 heavy (non-hydrogen) atoms. The molecule has 6 nitrogen and oxygen atoms in total. The summed E-state index contributed by atoms with van der Waals surface area (Å²) in [6.45, 7) is 1.19. The molecule has 2 aliphatic heterocycles. The maximum atomic E-state index is 13.1. The number of Topliss-reactive ketones (excluding diaryl/α,β-unsaturated/α-hetero) is 1. The molecule has 2 aliphatic carbocycles. The minimum absolute atomic E-state index is 0.0399. The van der Waals surface area contributed by atoms with Crippen LogP contribution in [0, 0.1) is 23.7 Å². The van der Waals surface area contributed by atoms with Crippen LogP contribution in [0.2, 0.25) is 0 Å².